The molecular formula is C16H18N4O4. The normalized spacial score (nSPS) is 16.5. The SMILES string of the molecule is COC(=O)C1=C(C)NC(NC#N)=NC1c1ccc(OC)cc1OC. The highest BCUT2D eigenvalue weighted by molar-refractivity contribution is 5.95. The molecule has 1 heterocycles. The van der Waals surface area contributed by atoms with Crippen molar-refractivity contribution in [2.24, 2.45) is 4.99 Å². The summed E-state index contributed by atoms with van der Waals surface area (Å²) in [6, 6.07) is 4.53. The number of rotatable bonds is 4. The maximum absolute atomic E-state index is 12.2. The molecule has 0 aromatic heterocycles. The van der Waals surface area contributed by atoms with Crippen molar-refractivity contribution in [1.82, 2.24) is 10.6 Å². The molecule has 0 fully saturated rings. The van der Waals surface area contributed by atoms with Crippen molar-refractivity contribution < 1.29 is 19.0 Å². The summed E-state index contributed by atoms with van der Waals surface area (Å²) in [6.45, 7) is 1.71. The lowest BCUT2D eigenvalue weighted by Gasteiger charge is -2.26. The maximum atomic E-state index is 12.2. The van der Waals surface area contributed by atoms with Crippen molar-refractivity contribution >= 4 is 11.9 Å². The standard InChI is InChI=1S/C16H18N4O4/c1-9-13(15(21)24-4)14(20-16(19-9)18-8-17)11-6-5-10(22-2)7-12(11)23-3/h5-7,14H,1-4H3,(H2,18,19,20). The van der Waals surface area contributed by atoms with Crippen LogP contribution in [-0.2, 0) is 9.53 Å². The summed E-state index contributed by atoms with van der Waals surface area (Å²) >= 11 is 0. The molecule has 0 amide bonds. The van der Waals surface area contributed by atoms with E-state index >= 15 is 0 Å². The molecule has 0 bridgehead atoms. The Bertz CT molecular complexity index is 749. The first-order valence-corrected chi connectivity index (χ1v) is 7.06. The number of esters is 1. The number of nitrogens with zero attached hydrogens (tertiary/aromatic N) is 2. The van der Waals surface area contributed by atoms with Gasteiger partial charge in [-0.1, -0.05) is 0 Å². The van der Waals surface area contributed by atoms with Crippen LogP contribution in [0.15, 0.2) is 34.5 Å². The molecule has 1 aromatic rings. The van der Waals surface area contributed by atoms with E-state index < -0.39 is 12.0 Å². The van der Waals surface area contributed by atoms with Gasteiger partial charge in [-0.25, -0.2) is 9.79 Å². The van der Waals surface area contributed by atoms with Crippen LogP contribution in [0.5, 0.6) is 11.5 Å². The van der Waals surface area contributed by atoms with Crippen LogP contribution in [0.1, 0.15) is 18.5 Å². The number of aliphatic imine (C=N–C) groups is 1. The van der Waals surface area contributed by atoms with Gasteiger partial charge in [0.15, 0.2) is 6.19 Å². The molecule has 1 aromatic carbocycles. The highest BCUT2D eigenvalue weighted by Gasteiger charge is 2.32. The summed E-state index contributed by atoms with van der Waals surface area (Å²) in [5.74, 6) is 0.855. The number of methoxy groups -OCH3 is 3. The highest BCUT2D eigenvalue weighted by Crippen LogP contribution is 2.38. The van der Waals surface area contributed by atoms with Crippen molar-refractivity contribution in [3.05, 3.63) is 35.0 Å². The van der Waals surface area contributed by atoms with E-state index in [4.69, 9.17) is 19.5 Å². The van der Waals surface area contributed by atoms with Gasteiger partial charge in [0.25, 0.3) is 0 Å². The lowest BCUT2D eigenvalue weighted by atomic mass is 9.95. The molecule has 1 unspecified atom stereocenters. The van der Waals surface area contributed by atoms with E-state index in [9.17, 15) is 4.79 Å². The van der Waals surface area contributed by atoms with Crippen molar-refractivity contribution in [1.29, 1.82) is 5.26 Å². The number of ether oxygens (including phenoxy) is 3. The molecule has 1 aliphatic heterocycles. The summed E-state index contributed by atoms with van der Waals surface area (Å²) in [6.07, 6.45) is 1.80. The maximum Gasteiger partial charge on any atom is 0.338 e. The van der Waals surface area contributed by atoms with E-state index in [1.807, 2.05) is 0 Å². The van der Waals surface area contributed by atoms with Gasteiger partial charge in [0, 0.05) is 17.3 Å². The Morgan fingerprint density at radius 2 is 2.08 bits per heavy atom. The molecule has 1 atom stereocenters. The molecule has 8 nitrogen and oxygen atoms in total. The third kappa shape index (κ3) is 3.25. The van der Waals surface area contributed by atoms with Gasteiger partial charge < -0.3 is 19.5 Å². The minimum Gasteiger partial charge on any atom is -0.497 e. The molecule has 0 radical (unpaired) electrons. The first-order chi connectivity index (χ1) is 11.5. The van der Waals surface area contributed by atoms with Crippen LogP contribution < -0.4 is 20.1 Å². The molecule has 0 saturated carbocycles. The van der Waals surface area contributed by atoms with E-state index in [0.29, 0.717) is 28.3 Å². The Hall–Kier alpha value is -3.21. The second kappa shape index (κ2) is 7.37. The first kappa shape index (κ1) is 17.1. The average Bonchev–Trinajstić information content (AvgIpc) is 2.60. The molecule has 2 N–H and O–H groups in total. The number of allylic oxidation sites excluding steroid dienone is 1. The monoisotopic (exact) mass is 330 g/mol. The van der Waals surface area contributed by atoms with Gasteiger partial charge in [-0.15, -0.1) is 0 Å². The Morgan fingerprint density at radius 3 is 2.67 bits per heavy atom. The number of carbonyl (C=O) groups is 1. The van der Waals surface area contributed by atoms with Crippen molar-refractivity contribution in [2.75, 3.05) is 21.3 Å². The average molecular weight is 330 g/mol. The number of nitrogens with one attached hydrogen (secondary N) is 2. The van der Waals surface area contributed by atoms with E-state index in [1.54, 1.807) is 38.4 Å². The zero-order valence-electron chi connectivity index (χ0n) is 13.8. The number of nitriles is 1. The van der Waals surface area contributed by atoms with Crippen LogP contribution in [0.3, 0.4) is 0 Å². The van der Waals surface area contributed by atoms with Gasteiger partial charge >= 0.3 is 5.97 Å². The number of guanidine groups is 1. The van der Waals surface area contributed by atoms with Crippen molar-refractivity contribution in [3.63, 3.8) is 0 Å². The van der Waals surface area contributed by atoms with Crippen LogP contribution >= 0.6 is 0 Å². The number of carbonyl (C=O) groups excluding carboxylic acids is 1. The summed E-state index contributed by atoms with van der Waals surface area (Å²) in [7, 11) is 4.37. The lowest BCUT2D eigenvalue weighted by Crippen LogP contribution is -2.39. The fourth-order valence-corrected chi connectivity index (χ4v) is 2.44. The number of benzene rings is 1. The quantitative estimate of drug-likeness (QED) is 0.486. The Balaban J connectivity index is 2.59. The van der Waals surface area contributed by atoms with E-state index in [0.717, 1.165) is 0 Å². The van der Waals surface area contributed by atoms with Gasteiger partial charge in [0.2, 0.25) is 5.96 Å². The van der Waals surface area contributed by atoms with Gasteiger partial charge in [0.1, 0.15) is 17.5 Å². The fraction of sp³-hybridized carbons (Fsp3) is 0.312. The lowest BCUT2D eigenvalue weighted by molar-refractivity contribution is -0.136. The van der Waals surface area contributed by atoms with Gasteiger partial charge in [-0.3, -0.25) is 5.32 Å². The Labute approximate surface area is 139 Å². The summed E-state index contributed by atoms with van der Waals surface area (Å²) in [5.41, 5.74) is 1.53. The topological polar surface area (TPSA) is 105 Å². The first-order valence-electron chi connectivity index (χ1n) is 7.06. The Kier molecular flexibility index (Phi) is 5.27. The zero-order chi connectivity index (χ0) is 17.7. The third-order valence-corrected chi connectivity index (χ3v) is 3.56. The van der Waals surface area contributed by atoms with Crippen molar-refractivity contribution in [3.8, 4) is 17.7 Å². The molecule has 8 heteroatoms. The predicted molar refractivity (Wildman–Crippen MR) is 86.3 cm³/mol. The summed E-state index contributed by atoms with van der Waals surface area (Å²) in [4.78, 5) is 16.6. The summed E-state index contributed by atoms with van der Waals surface area (Å²) < 4.78 is 15.5. The number of hydrogen-bond donors (Lipinski definition) is 2. The molecule has 0 spiro atoms. The van der Waals surface area contributed by atoms with Crippen LogP contribution in [-0.4, -0.2) is 33.3 Å². The second-order valence-electron chi connectivity index (χ2n) is 4.88. The zero-order valence-corrected chi connectivity index (χ0v) is 13.8. The Morgan fingerprint density at radius 1 is 1.33 bits per heavy atom. The van der Waals surface area contributed by atoms with E-state index in [1.165, 1.54) is 14.2 Å². The molecule has 1 aliphatic rings. The van der Waals surface area contributed by atoms with Gasteiger partial charge in [-0.2, -0.15) is 5.26 Å². The van der Waals surface area contributed by atoms with Crippen LogP contribution in [0.25, 0.3) is 0 Å². The number of hydrogen-bond acceptors (Lipinski definition) is 8. The molecule has 24 heavy (non-hydrogen) atoms. The van der Waals surface area contributed by atoms with E-state index in [-0.39, 0.29) is 5.96 Å². The molecular weight excluding hydrogens is 312 g/mol. The largest absolute Gasteiger partial charge is 0.497 e. The minimum absolute atomic E-state index is 0.241. The van der Waals surface area contributed by atoms with Gasteiger partial charge in [-0.05, 0) is 19.1 Å². The van der Waals surface area contributed by atoms with E-state index in [2.05, 4.69) is 15.6 Å². The van der Waals surface area contributed by atoms with Crippen LogP contribution in [0.4, 0.5) is 0 Å². The molecule has 0 saturated heterocycles. The minimum atomic E-state index is -0.685. The third-order valence-electron chi connectivity index (χ3n) is 3.56. The molecule has 0 aliphatic carbocycles. The van der Waals surface area contributed by atoms with Gasteiger partial charge in [0.05, 0.1) is 26.9 Å². The fourth-order valence-electron chi connectivity index (χ4n) is 2.44. The van der Waals surface area contributed by atoms with Crippen LogP contribution in [0, 0.1) is 11.5 Å². The summed E-state index contributed by atoms with van der Waals surface area (Å²) in [5, 5.41) is 14.1. The van der Waals surface area contributed by atoms with Crippen molar-refractivity contribution in [2.45, 2.75) is 13.0 Å². The molecule has 126 valence electrons. The highest BCUT2D eigenvalue weighted by atomic mass is 16.5. The second-order valence-corrected chi connectivity index (χ2v) is 4.88. The molecule has 2 rings (SSSR count). The van der Waals surface area contributed by atoms with Crippen LogP contribution in [0.2, 0.25) is 0 Å². The smallest absolute Gasteiger partial charge is 0.338 e. The predicted octanol–water partition coefficient (Wildman–Crippen LogP) is 1.22.